The van der Waals surface area contributed by atoms with Crippen molar-refractivity contribution in [1.29, 1.82) is 0 Å². The Morgan fingerprint density at radius 3 is 2.44 bits per heavy atom. The van der Waals surface area contributed by atoms with Gasteiger partial charge in [0.05, 0.1) is 19.3 Å². The molecule has 3 aliphatic heterocycles. The molecule has 3 saturated heterocycles. The first kappa shape index (κ1) is 28.9. The summed E-state index contributed by atoms with van der Waals surface area (Å²) >= 11 is 0. The second-order valence-corrected chi connectivity index (χ2v) is 16.0. The van der Waals surface area contributed by atoms with E-state index in [2.05, 4.69) is 32.6 Å². The van der Waals surface area contributed by atoms with E-state index in [0.29, 0.717) is 60.2 Å². The molecule has 7 fully saturated rings. The zero-order valence-electron chi connectivity index (χ0n) is 26.2. The molecule has 0 unspecified atom stereocenters. The van der Waals surface area contributed by atoms with E-state index in [4.69, 9.17) is 14.2 Å². The van der Waals surface area contributed by atoms with Crippen LogP contribution in [0.2, 0.25) is 0 Å². The maximum absolute atomic E-state index is 13.0. The number of amides is 1. The average molecular weight is 573 g/mol. The molecule has 12 atom stereocenters. The summed E-state index contributed by atoms with van der Waals surface area (Å²) < 4.78 is 19.7. The molecule has 7 heteroatoms. The highest BCUT2D eigenvalue weighted by Gasteiger charge is 2.69. The Morgan fingerprint density at radius 1 is 0.927 bits per heavy atom. The average Bonchev–Trinajstić information content (AvgIpc) is 3.41. The van der Waals surface area contributed by atoms with E-state index < -0.39 is 0 Å². The van der Waals surface area contributed by atoms with Crippen molar-refractivity contribution in [2.24, 2.45) is 52.3 Å². The highest BCUT2D eigenvalue weighted by Crippen LogP contribution is 2.71. The maximum Gasteiger partial charge on any atom is 0.410 e. The fourth-order valence-electron chi connectivity index (χ4n) is 11.9. The molecular formula is C34H56N2O5. The third kappa shape index (κ3) is 4.61. The molecule has 1 amide bonds. The van der Waals surface area contributed by atoms with E-state index in [-0.39, 0.29) is 24.6 Å². The monoisotopic (exact) mass is 572 g/mol. The van der Waals surface area contributed by atoms with Crippen LogP contribution in [-0.2, 0) is 14.2 Å². The maximum atomic E-state index is 13.0. The first-order valence-corrected chi connectivity index (χ1v) is 17.3. The topological polar surface area (TPSA) is 71.5 Å². The Hall–Kier alpha value is -0.890. The first-order chi connectivity index (χ1) is 19.7. The van der Waals surface area contributed by atoms with Crippen LogP contribution in [0.15, 0.2) is 0 Å². The Morgan fingerprint density at radius 2 is 1.71 bits per heavy atom. The lowest BCUT2D eigenvalue weighted by molar-refractivity contribution is -0.273. The van der Waals surface area contributed by atoms with E-state index in [9.17, 15) is 9.90 Å². The first-order valence-electron chi connectivity index (χ1n) is 17.3. The predicted molar refractivity (Wildman–Crippen MR) is 157 cm³/mol. The molecule has 0 radical (unpaired) electrons. The fraction of sp³-hybridized carbons (Fsp3) is 0.971. The third-order valence-corrected chi connectivity index (χ3v) is 14.2. The summed E-state index contributed by atoms with van der Waals surface area (Å²) in [6.07, 6.45) is 12.4. The lowest BCUT2D eigenvalue weighted by atomic mass is 9.44. The van der Waals surface area contributed by atoms with Crippen molar-refractivity contribution >= 4 is 6.09 Å². The summed E-state index contributed by atoms with van der Waals surface area (Å²) in [7, 11) is 0. The molecule has 0 aromatic rings. The van der Waals surface area contributed by atoms with Crippen molar-refractivity contribution in [3.05, 3.63) is 0 Å². The van der Waals surface area contributed by atoms with Gasteiger partial charge in [0, 0.05) is 45.1 Å². The molecule has 0 aromatic heterocycles. The van der Waals surface area contributed by atoms with Crippen molar-refractivity contribution in [3.8, 4) is 0 Å². The molecule has 4 saturated carbocycles. The summed E-state index contributed by atoms with van der Waals surface area (Å²) in [5.41, 5.74) is 0.745. The Labute approximate surface area is 248 Å². The van der Waals surface area contributed by atoms with Gasteiger partial charge in [0.15, 0.2) is 5.79 Å². The molecule has 7 aliphatic rings. The number of hydrogen-bond acceptors (Lipinski definition) is 6. The number of carbonyl (C=O) groups excluding carboxylic acids is 1. The minimum absolute atomic E-state index is 0.0657. The minimum Gasteiger partial charge on any atom is -0.446 e. The second kappa shape index (κ2) is 10.6. The van der Waals surface area contributed by atoms with Gasteiger partial charge in [-0.15, -0.1) is 0 Å². The SMILES string of the molecule is C[C@@H]1CC[C@@]2(OC1)O[C@H]1C[C@H]3[C@@H]4CC[C@@H]5C[C@@H](OC(=O)N6CCN(CCO)CC6)CC[C@]5(C)[C@H]4CC[C@]3(C)[C@H]1[C@@H]2C. The summed E-state index contributed by atoms with van der Waals surface area (Å²) in [5, 5.41) is 9.20. The van der Waals surface area contributed by atoms with Crippen LogP contribution in [0.3, 0.4) is 0 Å². The van der Waals surface area contributed by atoms with Crippen molar-refractivity contribution in [2.45, 2.75) is 110 Å². The van der Waals surface area contributed by atoms with Crippen LogP contribution in [0, 0.1) is 52.3 Å². The van der Waals surface area contributed by atoms with Crippen LogP contribution >= 0.6 is 0 Å². The summed E-state index contributed by atoms with van der Waals surface area (Å²) in [6.45, 7) is 14.8. The Bertz CT molecular complexity index is 976. The number of fused-ring (bicyclic) bond motifs is 7. The number of hydrogen-bond donors (Lipinski definition) is 1. The van der Waals surface area contributed by atoms with Crippen molar-refractivity contribution in [1.82, 2.24) is 9.80 Å². The zero-order chi connectivity index (χ0) is 28.6. The molecule has 41 heavy (non-hydrogen) atoms. The molecule has 1 N–H and O–H groups in total. The smallest absolute Gasteiger partial charge is 0.410 e. The molecule has 4 aliphatic carbocycles. The summed E-state index contributed by atoms with van der Waals surface area (Å²) in [5.74, 6) is 4.50. The number of β-amino-alcohol motifs (C(OH)–C–C–N with tert-alkyl or cyclic N) is 1. The lowest BCUT2D eigenvalue weighted by Crippen LogP contribution is -2.55. The van der Waals surface area contributed by atoms with Crippen molar-refractivity contribution in [2.75, 3.05) is 45.9 Å². The van der Waals surface area contributed by atoms with Crippen LogP contribution in [0.25, 0.3) is 0 Å². The molecule has 1 spiro atoms. The van der Waals surface area contributed by atoms with Crippen LogP contribution in [0.1, 0.15) is 91.9 Å². The normalized spacial score (nSPS) is 51.5. The highest BCUT2D eigenvalue weighted by molar-refractivity contribution is 5.68. The van der Waals surface area contributed by atoms with Crippen molar-refractivity contribution in [3.63, 3.8) is 0 Å². The van der Waals surface area contributed by atoms with Gasteiger partial charge in [-0.05, 0) is 104 Å². The van der Waals surface area contributed by atoms with Crippen LogP contribution in [0.5, 0.6) is 0 Å². The van der Waals surface area contributed by atoms with E-state index >= 15 is 0 Å². The third-order valence-electron chi connectivity index (χ3n) is 14.2. The van der Waals surface area contributed by atoms with Gasteiger partial charge < -0.3 is 24.2 Å². The number of piperazine rings is 1. The van der Waals surface area contributed by atoms with Gasteiger partial charge in [-0.25, -0.2) is 4.79 Å². The lowest BCUT2D eigenvalue weighted by Gasteiger charge is -2.61. The highest BCUT2D eigenvalue weighted by atomic mass is 16.7. The van der Waals surface area contributed by atoms with Gasteiger partial charge in [0.1, 0.15) is 6.10 Å². The van der Waals surface area contributed by atoms with Crippen LogP contribution < -0.4 is 0 Å². The van der Waals surface area contributed by atoms with Gasteiger partial charge in [0.25, 0.3) is 0 Å². The van der Waals surface area contributed by atoms with Gasteiger partial charge >= 0.3 is 6.09 Å². The summed E-state index contributed by atoms with van der Waals surface area (Å²) in [6, 6.07) is 0. The Balaban J connectivity index is 0.984. The molecule has 232 valence electrons. The quantitative estimate of drug-likeness (QED) is 0.478. The zero-order valence-corrected chi connectivity index (χ0v) is 26.2. The number of nitrogens with zero attached hydrogens (tertiary/aromatic N) is 2. The van der Waals surface area contributed by atoms with E-state index in [1.54, 1.807) is 0 Å². The molecule has 0 bridgehead atoms. The standard InChI is InChI=1S/C34H56N2O5/c1-22-7-12-34(39-21-22)23(2)30-29(41-34)20-28-26-6-5-24-19-25(8-10-32(24,3)27(26)9-11-33(28,30)4)40-31(38)36-15-13-35(14-16-36)17-18-37/h22-30,37H,5-21H2,1-4H3/t22-,23+,24-,25+,26-,27+,28+,29+,30+,32+,33+,34-/m1/s1. The van der Waals surface area contributed by atoms with Crippen molar-refractivity contribution < 1.29 is 24.1 Å². The van der Waals surface area contributed by atoms with Gasteiger partial charge in [-0.3, -0.25) is 4.90 Å². The molecule has 7 nitrogen and oxygen atoms in total. The van der Waals surface area contributed by atoms with E-state index in [0.717, 1.165) is 56.7 Å². The van der Waals surface area contributed by atoms with Gasteiger partial charge in [-0.1, -0.05) is 27.7 Å². The van der Waals surface area contributed by atoms with Crippen LogP contribution in [0.4, 0.5) is 4.79 Å². The Kier molecular flexibility index (Phi) is 7.48. The number of carbonyl (C=O) groups is 1. The number of rotatable bonds is 3. The predicted octanol–water partition coefficient (Wildman–Crippen LogP) is 5.55. The van der Waals surface area contributed by atoms with Gasteiger partial charge in [0.2, 0.25) is 0 Å². The number of aliphatic hydroxyl groups excluding tert-OH is 1. The van der Waals surface area contributed by atoms with E-state index in [1.807, 2.05) is 4.90 Å². The molecule has 7 rings (SSSR count). The molecule has 0 aromatic carbocycles. The second-order valence-electron chi connectivity index (χ2n) is 16.0. The molecular weight excluding hydrogens is 516 g/mol. The van der Waals surface area contributed by atoms with E-state index in [1.165, 1.54) is 44.9 Å². The minimum atomic E-state index is -0.320. The fourth-order valence-corrected chi connectivity index (χ4v) is 11.9. The van der Waals surface area contributed by atoms with Gasteiger partial charge in [-0.2, -0.15) is 0 Å². The largest absolute Gasteiger partial charge is 0.446 e. The van der Waals surface area contributed by atoms with Crippen LogP contribution in [-0.4, -0.2) is 84.9 Å². The summed E-state index contributed by atoms with van der Waals surface area (Å²) in [4.78, 5) is 17.1. The number of ether oxygens (including phenoxy) is 3. The molecule has 3 heterocycles. The number of aliphatic hydroxyl groups is 1.